The van der Waals surface area contributed by atoms with Gasteiger partial charge in [0.05, 0.1) is 0 Å². The van der Waals surface area contributed by atoms with Crippen LogP contribution in [-0.4, -0.2) is 17.6 Å². The van der Waals surface area contributed by atoms with E-state index in [-0.39, 0.29) is 17.6 Å². The molecular formula is C6H16Ge. The Morgan fingerprint density at radius 3 is 0.714 bits per heavy atom. The van der Waals surface area contributed by atoms with Gasteiger partial charge in [0.1, 0.15) is 0 Å². The average molecular weight is 161 g/mol. The molecule has 44 valence electrons. The van der Waals surface area contributed by atoms with Crippen molar-refractivity contribution < 1.29 is 0 Å². The molecule has 1 aliphatic rings. The van der Waals surface area contributed by atoms with Crippen molar-refractivity contribution in [1.82, 2.24) is 0 Å². The molecule has 0 radical (unpaired) electrons. The van der Waals surface area contributed by atoms with Crippen LogP contribution >= 0.6 is 0 Å². The van der Waals surface area contributed by atoms with Crippen molar-refractivity contribution in [2.45, 2.75) is 38.5 Å². The molecule has 0 unspecified atom stereocenters. The molecule has 0 amide bonds. The maximum atomic E-state index is 1.50. The summed E-state index contributed by atoms with van der Waals surface area (Å²) in [6.45, 7) is 0. The van der Waals surface area contributed by atoms with Crippen LogP contribution in [0.25, 0.3) is 0 Å². The number of hydrogen-bond donors (Lipinski definition) is 0. The molecule has 0 aromatic carbocycles. The van der Waals surface area contributed by atoms with Crippen LogP contribution in [0.4, 0.5) is 0 Å². The monoisotopic (exact) mass is 162 g/mol. The Morgan fingerprint density at radius 2 is 0.571 bits per heavy atom. The van der Waals surface area contributed by atoms with E-state index in [1.807, 2.05) is 0 Å². The first-order valence-electron chi connectivity index (χ1n) is 3.00. The van der Waals surface area contributed by atoms with E-state index in [1.54, 1.807) is 0 Å². The Hall–Kier alpha value is 0.543. The second kappa shape index (κ2) is 4.70. The number of hydrogen-bond acceptors (Lipinski definition) is 0. The van der Waals surface area contributed by atoms with Crippen molar-refractivity contribution >= 4 is 17.6 Å². The molecule has 0 heterocycles. The zero-order chi connectivity index (χ0) is 4.24. The molecular weight excluding hydrogens is 145 g/mol. The predicted octanol–water partition coefficient (Wildman–Crippen LogP) is 0.889. The Morgan fingerprint density at radius 1 is 0.429 bits per heavy atom. The van der Waals surface area contributed by atoms with E-state index in [0.717, 1.165) is 0 Å². The summed E-state index contributed by atoms with van der Waals surface area (Å²) in [6.07, 6.45) is 9.00. The Balaban J connectivity index is 0.000000360. The normalized spacial score (nSPS) is 20.6. The molecule has 0 saturated heterocycles. The topological polar surface area (TPSA) is 0 Å². The van der Waals surface area contributed by atoms with Crippen molar-refractivity contribution in [1.29, 1.82) is 0 Å². The Kier molecular flexibility index (Phi) is 5.06. The first-order valence-corrected chi connectivity index (χ1v) is 3.00. The molecule has 0 aromatic heterocycles. The van der Waals surface area contributed by atoms with E-state index < -0.39 is 0 Å². The summed E-state index contributed by atoms with van der Waals surface area (Å²) in [4.78, 5) is 0. The molecule has 1 aliphatic carbocycles. The standard InChI is InChI=1S/C6H12.GeH4/c1-2-4-6-5-3-1;/h1-6H2;1H4. The second-order valence-corrected chi connectivity index (χ2v) is 2.12. The van der Waals surface area contributed by atoms with Crippen LogP contribution in [0.5, 0.6) is 0 Å². The van der Waals surface area contributed by atoms with Crippen molar-refractivity contribution in [3.05, 3.63) is 0 Å². The first-order chi connectivity index (χ1) is 3.00. The van der Waals surface area contributed by atoms with E-state index in [1.165, 1.54) is 38.5 Å². The average Bonchev–Trinajstić information content (AvgIpc) is 1.72. The van der Waals surface area contributed by atoms with Gasteiger partial charge in [-0.05, 0) is 0 Å². The van der Waals surface area contributed by atoms with Crippen LogP contribution in [0.3, 0.4) is 0 Å². The van der Waals surface area contributed by atoms with E-state index in [2.05, 4.69) is 0 Å². The van der Waals surface area contributed by atoms with Crippen molar-refractivity contribution in [3.8, 4) is 0 Å². The zero-order valence-corrected chi connectivity index (χ0v) is 4.24. The quantitative estimate of drug-likeness (QED) is 0.462. The Labute approximate surface area is 56.7 Å². The van der Waals surface area contributed by atoms with Crippen LogP contribution in [0.2, 0.25) is 0 Å². The molecule has 0 aliphatic heterocycles. The van der Waals surface area contributed by atoms with E-state index in [0.29, 0.717) is 0 Å². The van der Waals surface area contributed by atoms with Crippen LogP contribution in [0, 0.1) is 0 Å². The van der Waals surface area contributed by atoms with Gasteiger partial charge in [0.25, 0.3) is 0 Å². The molecule has 0 bridgehead atoms. The van der Waals surface area contributed by atoms with E-state index in [9.17, 15) is 0 Å². The summed E-state index contributed by atoms with van der Waals surface area (Å²) < 4.78 is 0. The van der Waals surface area contributed by atoms with Crippen molar-refractivity contribution in [3.63, 3.8) is 0 Å². The van der Waals surface area contributed by atoms with Gasteiger partial charge >= 0.3 is 17.6 Å². The molecule has 1 rings (SSSR count). The van der Waals surface area contributed by atoms with Gasteiger partial charge in [-0.15, -0.1) is 0 Å². The molecule has 1 fully saturated rings. The van der Waals surface area contributed by atoms with Crippen molar-refractivity contribution in [2.24, 2.45) is 0 Å². The van der Waals surface area contributed by atoms with Crippen LogP contribution < -0.4 is 0 Å². The molecule has 0 atom stereocenters. The van der Waals surface area contributed by atoms with E-state index in [4.69, 9.17) is 0 Å². The molecule has 0 nitrogen and oxygen atoms in total. The molecule has 0 N–H and O–H groups in total. The summed E-state index contributed by atoms with van der Waals surface area (Å²) in [5.41, 5.74) is 0. The molecule has 7 heavy (non-hydrogen) atoms. The Bertz CT molecular complexity index is 19.7. The zero-order valence-electron chi connectivity index (χ0n) is 4.24. The van der Waals surface area contributed by atoms with Crippen molar-refractivity contribution in [2.75, 3.05) is 0 Å². The van der Waals surface area contributed by atoms with Crippen LogP contribution in [0.15, 0.2) is 0 Å². The van der Waals surface area contributed by atoms with Gasteiger partial charge in [0.2, 0.25) is 0 Å². The molecule has 1 saturated carbocycles. The third kappa shape index (κ3) is 3.15. The fourth-order valence-electron chi connectivity index (χ4n) is 1.06. The summed E-state index contributed by atoms with van der Waals surface area (Å²) in [6, 6.07) is 0. The first kappa shape index (κ1) is 7.54. The third-order valence-corrected chi connectivity index (χ3v) is 1.50. The summed E-state index contributed by atoms with van der Waals surface area (Å²) in [5, 5.41) is 0. The molecule has 1 heteroatoms. The third-order valence-electron chi connectivity index (χ3n) is 1.50. The van der Waals surface area contributed by atoms with Gasteiger partial charge in [-0.1, -0.05) is 38.5 Å². The fourth-order valence-corrected chi connectivity index (χ4v) is 1.06. The van der Waals surface area contributed by atoms with Crippen LogP contribution in [0.1, 0.15) is 38.5 Å². The summed E-state index contributed by atoms with van der Waals surface area (Å²) in [7, 11) is 0. The van der Waals surface area contributed by atoms with Gasteiger partial charge in [0, 0.05) is 0 Å². The fraction of sp³-hybridized carbons (Fsp3) is 1.00. The van der Waals surface area contributed by atoms with Gasteiger partial charge in [-0.2, -0.15) is 0 Å². The van der Waals surface area contributed by atoms with Gasteiger partial charge in [0.15, 0.2) is 0 Å². The molecule has 0 spiro atoms. The molecule has 0 aromatic rings. The predicted molar refractivity (Wildman–Crippen MR) is 39.0 cm³/mol. The van der Waals surface area contributed by atoms with Crippen LogP contribution in [-0.2, 0) is 0 Å². The summed E-state index contributed by atoms with van der Waals surface area (Å²) in [5.74, 6) is 0. The van der Waals surface area contributed by atoms with E-state index >= 15 is 0 Å². The van der Waals surface area contributed by atoms with Gasteiger partial charge in [-0.3, -0.25) is 0 Å². The van der Waals surface area contributed by atoms with Gasteiger partial charge in [-0.25, -0.2) is 0 Å². The number of rotatable bonds is 0. The SMILES string of the molecule is C1CCCCC1.[GeH4]. The second-order valence-electron chi connectivity index (χ2n) is 2.12. The minimum atomic E-state index is 0. The summed E-state index contributed by atoms with van der Waals surface area (Å²) >= 11 is 0. The maximum absolute atomic E-state index is 1.50. The van der Waals surface area contributed by atoms with Gasteiger partial charge < -0.3 is 0 Å². The minimum absolute atomic E-state index is 0.